The van der Waals surface area contributed by atoms with E-state index in [-0.39, 0.29) is 11.8 Å². The second-order valence-corrected chi connectivity index (χ2v) is 4.85. The minimum atomic E-state index is -0.262. The van der Waals surface area contributed by atoms with Crippen LogP contribution in [0.15, 0.2) is 36.4 Å². The number of benzene rings is 1. The molecule has 0 unspecified atom stereocenters. The fourth-order valence-corrected chi connectivity index (χ4v) is 2.29. The standard InChI is InChI=1S/C16H15FN4/c1-2-3-13-15-14(21-16(18)20-13)9-8-12(19-15)10-4-6-11(17)7-5-10/h4-9H,2-3H2,1H3,(H2,18,20,21). The van der Waals surface area contributed by atoms with Crippen LogP contribution in [0.5, 0.6) is 0 Å². The predicted molar refractivity (Wildman–Crippen MR) is 81.1 cm³/mol. The van der Waals surface area contributed by atoms with Crippen LogP contribution in [-0.4, -0.2) is 15.0 Å². The van der Waals surface area contributed by atoms with Crippen molar-refractivity contribution < 1.29 is 4.39 Å². The molecule has 4 nitrogen and oxygen atoms in total. The summed E-state index contributed by atoms with van der Waals surface area (Å²) in [6.45, 7) is 2.08. The van der Waals surface area contributed by atoms with Gasteiger partial charge in [0, 0.05) is 5.56 Å². The molecule has 0 aliphatic rings. The molecule has 5 heteroatoms. The molecule has 0 aliphatic carbocycles. The Kier molecular flexibility index (Phi) is 3.48. The summed E-state index contributed by atoms with van der Waals surface area (Å²) in [5, 5.41) is 0. The summed E-state index contributed by atoms with van der Waals surface area (Å²) < 4.78 is 13.0. The molecule has 0 fully saturated rings. The Bertz CT molecular complexity index is 784. The van der Waals surface area contributed by atoms with Crippen molar-refractivity contribution in [3.8, 4) is 11.3 Å². The van der Waals surface area contributed by atoms with Crippen LogP contribution in [0.2, 0.25) is 0 Å². The Morgan fingerprint density at radius 1 is 1.00 bits per heavy atom. The Hall–Kier alpha value is -2.56. The van der Waals surface area contributed by atoms with E-state index in [9.17, 15) is 4.39 Å². The van der Waals surface area contributed by atoms with E-state index in [2.05, 4.69) is 21.9 Å². The summed E-state index contributed by atoms with van der Waals surface area (Å²) in [5.74, 6) is 0.00426. The second-order valence-electron chi connectivity index (χ2n) is 4.85. The number of aryl methyl sites for hydroxylation is 1. The van der Waals surface area contributed by atoms with Crippen LogP contribution in [0.25, 0.3) is 22.3 Å². The number of pyridine rings is 1. The van der Waals surface area contributed by atoms with Crippen molar-refractivity contribution in [1.29, 1.82) is 0 Å². The van der Waals surface area contributed by atoms with E-state index >= 15 is 0 Å². The summed E-state index contributed by atoms with van der Waals surface area (Å²) in [4.78, 5) is 13.1. The van der Waals surface area contributed by atoms with Gasteiger partial charge in [0.25, 0.3) is 0 Å². The summed E-state index contributed by atoms with van der Waals surface area (Å²) in [6.07, 6.45) is 1.75. The number of aromatic nitrogens is 3. The lowest BCUT2D eigenvalue weighted by molar-refractivity contribution is 0.628. The highest BCUT2D eigenvalue weighted by Gasteiger charge is 2.09. The molecule has 0 saturated heterocycles. The highest BCUT2D eigenvalue weighted by molar-refractivity contribution is 5.80. The Morgan fingerprint density at radius 3 is 2.48 bits per heavy atom. The highest BCUT2D eigenvalue weighted by Crippen LogP contribution is 2.23. The first-order valence-electron chi connectivity index (χ1n) is 6.86. The minimum Gasteiger partial charge on any atom is -0.368 e. The summed E-state index contributed by atoms with van der Waals surface area (Å²) in [7, 11) is 0. The molecule has 0 aliphatic heterocycles. The van der Waals surface area contributed by atoms with Crippen LogP contribution < -0.4 is 5.73 Å². The van der Waals surface area contributed by atoms with Crippen molar-refractivity contribution >= 4 is 17.0 Å². The molecule has 106 valence electrons. The van der Waals surface area contributed by atoms with Gasteiger partial charge >= 0.3 is 0 Å². The topological polar surface area (TPSA) is 64.7 Å². The van der Waals surface area contributed by atoms with Crippen molar-refractivity contribution in [3.05, 3.63) is 47.9 Å². The maximum absolute atomic E-state index is 13.0. The van der Waals surface area contributed by atoms with E-state index in [1.807, 2.05) is 12.1 Å². The molecule has 2 N–H and O–H groups in total. The molecular formula is C16H15FN4. The number of rotatable bonds is 3. The molecule has 21 heavy (non-hydrogen) atoms. The number of hydrogen-bond donors (Lipinski definition) is 1. The second kappa shape index (κ2) is 5.44. The first kappa shape index (κ1) is 13.4. The van der Waals surface area contributed by atoms with E-state index in [1.54, 1.807) is 12.1 Å². The number of nitrogens with two attached hydrogens (primary N) is 1. The van der Waals surface area contributed by atoms with Crippen LogP contribution in [0.1, 0.15) is 19.0 Å². The maximum atomic E-state index is 13.0. The molecule has 2 heterocycles. The van der Waals surface area contributed by atoms with Gasteiger partial charge in [0.15, 0.2) is 0 Å². The number of halogens is 1. The van der Waals surface area contributed by atoms with Crippen LogP contribution in [0, 0.1) is 5.82 Å². The van der Waals surface area contributed by atoms with Crippen molar-refractivity contribution in [2.75, 3.05) is 5.73 Å². The van der Waals surface area contributed by atoms with E-state index in [0.717, 1.165) is 40.8 Å². The average Bonchev–Trinajstić information content (AvgIpc) is 2.48. The lowest BCUT2D eigenvalue weighted by atomic mass is 10.1. The van der Waals surface area contributed by atoms with Gasteiger partial charge in [0.2, 0.25) is 5.95 Å². The zero-order valence-corrected chi connectivity index (χ0v) is 11.7. The first-order valence-corrected chi connectivity index (χ1v) is 6.86. The van der Waals surface area contributed by atoms with Crippen LogP contribution in [-0.2, 0) is 6.42 Å². The monoisotopic (exact) mass is 282 g/mol. The molecule has 0 atom stereocenters. The number of nitrogen functional groups attached to an aromatic ring is 1. The highest BCUT2D eigenvalue weighted by atomic mass is 19.1. The number of hydrogen-bond acceptors (Lipinski definition) is 4. The number of anilines is 1. The molecule has 0 saturated carbocycles. The summed E-state index contributed by atoms with van der Waals surface area (Å²) in [5.41, 5.74) is 9.70. The van der Waals surface area contributed by atoms with Crippen molar-refractivity contribution in [3.63, 3.8) is 0 Å². The summed E-state index contributed by atoms with van der Waals surface area (Å²) in [6, 6.07) is 10.00. The van der Waals surface area contributed by atoms with E-state index in [4.69, 9.17) is 5.73 Å². The smallest absolute Gasteiger partial charge is 0.220 e. The van der Waals surface area contributed by atoms with E-state index < -0.39 is 0 Å². The number of fused-ring (bicyclic) bond motifs is 1. The first-order chi connectivity index (χ1) is 10.2. The molecule has 0 radical (unpaired) electrons. The van der Waals surface area contributed by atoms with Crippen LogP contribution in [0.3, 0.4) is 0 Å². The van der Waals surface area contributed by atoms with Gasteiger partial charge in [-0.05, 0) is 42.8 Å². The molecular weight excluding hydrogens is 267 g/mol. The van der Waals surface area contributed by atoms with Gasteiger partial charge in [-0.15, -0.1) is 0 Å². The van der Waals surface area contributed by atoms with Gasteiger partial charge < -0.3 is 5.73 Å². The minimum absolute atomic E-state index is 0.262. The lowest BCUT2D eigenvalue weighted by Gasteiger charge is -2.07. The molecule has 0 amide bonds. The molecule has 3 aromatic rings. The third-order valence-electron chi connectivity index (χ3n) is 3.26. The van der Waals surface area contributed by atoms with Gasteiger partial charge in [-0.2, -0.15) is 0 Å². The van der Waals surface area contributed by atoms with Gasteiger partial charge in [-0.3, -0.25) is 0 Å². The quantitative estimate of drug-likeness (QED) is 0.800. The third kappa shape index (κ3) is 2.67. The Balaban J connectivity index is 2.16. The predicted octanol–water partition coefficient (Wildman–Crippen LogP) is 3.37. The summed E-state index contributed by atoms with van der Waals surface area (Å²) >= 11 is 0. The van der Waals surface area contributed by atoms with Crippen molar-refractivity contribution in [2.45, 2.75) is 19.8 Å². The van der Waals surface area contributed by atoms with Gasteiger partial charge in [-0.1, -0.05) is 13.3 Å². The largest absolute Gasteiger partial charge is 0.368 e. The molecule has 2 aromatic heterocycles. The normalized spacial score (nSPS) is 11.0. The van der Waals surface area contributed by atoms with Gasteiger partial charge in [0.05, 0.1) is 16.9 Å². The number of nitrogens with zero attached hydrogens (tertiary/aromatic N) is 3. The van der Waals surface area contributed by atoms with Crippen molar-refractivity contribution in [2.24, 2.45) is 0 Å². The Morgan fingerprint density at radius 2 is 1.76 bits per heavy atom. The fourth-order valence-electron chi connectivity index (χ4n) is 2.29. The van der Waals surface area contributed by atoms with Gasteiger partial charge in [-0.25, -0.2) is 19.3 Å². The zero-order valence-electron chi connectivity index (χ0n) is 11.7. The van der Waals surface area contributed by atoms with Gasteiger partial charge in [0.1, 0.15) is 11.3 Å². The van der Waals surface area contributed by atoms with Crippen molar-refractivity contribution in [1.82, 2.24) is 15.0 Å². The SMILES string of the molecule is CCCc1nc(N)nc2ccc(-c3ccc(F)cc3)nc12. The molecule has 0 spiro atoms. The fraction of sp³-hybridized carbons (Fsp3) is 0.188. The third-order valence-corrected chi connectivity index (χ3v) is 3.26. The van der Waals surface area contributed by atoms with E-state index in [0.29, 0.717) is 0 Å². The van der Waals surface area contributed by atoms with Crippen LogP contribution >= 0.6 is 0 Å². The van der Waals surface area contributed by atoms with E-state index in [1.165, 1.54) is 12.1 Å². The molecule has 0 bridgehead atoms. The Labute approximate surface area is 121 Å². The average molecular weight is 282 g/mol. The zero-order chi connectivity index (χ0) is 14.8. The molecule has 1 aromatic carbocycles. The lowest BCUT2D eigenvalue weighted by Crippen LogP contribution is -2.02. The maximum Gasteiger partial charge on any atom is 0.220 e. The molecule has 3 rings (SSSR count). The van der Waals surface area contributed by atoms with Crippen LogP contribution in [0.4, 0.5) is 10.3 Å².